The standard InChI is InChI=1S/C41H47O2P.W/c1-17-19(3)27(11)35-31(23(17)7)15-33-25(9)21(5)29(13)39-37(33)41(35)36-28(12)20(4)18(2)24(8)32(36)16-34-26(10)22(6)30(14)40(38(34)41)43-44-42-39;/h44H,15-16H2,1-14H3;. The first-order valence-corrected chi connectivity index (χ1v) is 17.0. The van der Waals surface area contributed by atoms with Gasteiger partial charge in [0.1, 0.15) is 11.5 Å². The van der Waals surface area contributed by atoms with Gasteiger partial charge in [0.15, 0.2) is 0 Å². The molecule has 1 spiro atoms. The summed E-state index contributed by atoms with van der Waals surface area (Å²) >= 11 is 0. The second-order valence-electron chi connectivity index (χ2n) is 14.2. The monoisotopic (exact) mass is 786 g/mol. The van der Waals surface area contributed by atoms with Crippen LogP contribution in [0.5, 0.6) is 11.5 Å². The molecule has 7 rings (SSSR count). The number of rotatable bonds is 0. The molecule has 3 aliphatic rings. The Bertz CT molecular complexity index is 1890. The van der Waals surface area contributed by atoms with E-state index in [1.807, 2.05) is 0 Å². The molecule has 1 aliphatic heterocycles. The van der Waals surface area contributed by atoms with Crippen molar-refractivity contribution in [1.29, 1.82) is 0 Å². The Balaban J connectivity index is 0.00000357. The third-order valence-corrected chi connectivity index (χ3v) is 13.6. The third-order valence-electron chi connectivity index (χ3n) is 13.0. The van der Waals surface area contributed by atoms with Crippen LogP contribution in [0.15, 0.2) is 0 Å². The molecule has 0 saturated heterocycles. The van der Waals surface area contributed by atoms with Crippen molar-refractivity contribution in [2.24, 2.45) is 0 Å². The summed E-state index contributed by atoms with van der Waals surface area (Å²) in [5.41, 5.74) is 30.4. The molecule has 0 radical (unpaired) electrons. The summed E-state index contributed by atoms with van der Waals surface area (Å²) in [6, 6.07) is 0. The quantitative estimate of drug-likeness (QED) is 0.143. The number of hydrogen-bond acceptors (Lipinski definition) is 2. The van der Waals surface area contributed by atoms with Crippen molar-refractivity contribution < 1.29 is 30.1 Å². The fourth-order valence-electron chi connectivity index (χ4n) is 9.32. The van der Waals surface area contributed by atoms with Crippen LogP contribution in [-0.2, 0) is 39.3 Å². The minimum Gasteiger partial charge on any atom is -0.440 e. The summed E-state index contributed by atoms with van der Waals surface area (Å²) in [4.78, 5) is 0. The topological polar surface area (TPSA) is 18.5 Å². The molecule has 0 N–H and O–H groups in total. The molecule has 1 heterocycles. The van der Waals surface area contributed by atoms with Crippen molar-refractivity contribution in [3.8, 4) is 11.5 Å². The number of hydrogen-bond donors (Lipinski definition) is 0. The predicted octanol–water partition coefficient (Wildman–Crippen LogP) is 10.5. The molecule has 234 valence electrons. The van der Waals surface area contributed by atoms with Gasteiger partial charge < -0.3 is 9.05 Å². The smallest absolute Gasteiger partial charge is 0.275 e. The van der Waals surface area contributed by atoms with E-state index in [2.05, 4.69) is 96.9 Å². The van der Waals surface area contributed by atoms with Crippen molar-refractivity contribution in [3.63, 3.8) is 0 Å². The Labute approximate surface area is 286 Å². The zero-order valence-corrected chi connectivity index (χ0v) is 33.6. The molecule has 0 unspecified atom stereocenters. The normalized spacial score (nSPS) is 15.0. The van der Waals surface area contributed by atoms with Crippen molar-refractivity contribution in [2.45, 2.75) is 115 Å². The molecule has 0 bridgehead atoms. The van der Waals surface area contributed by atoms with Crippen LogP contribution in [-0.4, -0.2) is 0 Å². The van der Waals surface area contributed by atoms with Gasteiger partial charge in [0.2, 0.25) is 0 Å². The van der Waals surface area contributed by atoms with Gasteiger partial charge in [-0.05, 0) is 221 Å². The first-order valence-electron chi connectivity index (χ1n) is 16.2. The van der Waals surface area contributed by atoms with E-state index < -0.39 is 5.41 Å². The van der Waals surface area contributed by atoms with Gasteiger partial charge in [0.05, 0.1) is 5.41 Å². The molecule has 0 aromatic heterocycles. The first-order chi connectivity index (χ1) is 20.7. The van der Waals surface area contributed by atoms with Crippen LogP contribution >= 0.6 is 9.03 Å². The molecule has 0 saturated carbocycles. The Morgan fingerprint density at radius 1 is 0.356 bits per heavy atom. The van der Waals surface area contributed by atoms with Gasteiger partial charge >= 0.3 is 0 Å². The molecule has 4 heteroatoms. The van der Waals surface area contributed by atoms with E-state index >= 15 is 0 Å². The fraction of sp³-hybridized carbons (Fsp3) is 0.415. The van der Waals surface area contributed by atoms with Gasteiger partial charge in [0.25, 0.3) is 9.03 Å². The van der Waals surface area contributed by atoms with Gasteiger partial charge in [-0.1, -0.05) is 0 Å². The predicted molar refractivity (Wildman–Crippen MR) is 186 cm³/mol. The van der Waals surface area contributed by atoms with Gasteiger partial charge in [-0.2, -0.15) is 0 Å². The number of fused-ring (bicyclic) bond motifs is 2. The Morgan fingerprint density at radius 2 is 0.622 bits per heavy atom. The van der Waals surface area contributed by atoms with Crippen LogP contribution in [0.2, 0.25) is 0 Å². The van der Waals surface area contributed by atoms with Crippen molar-refractivity contribution in [1.82, 2.24) is 0 Å². The van der Waals surface area contributed by atoms with Crippen LogP contribution in [0.1, 0.15) is 122 Å². The second kappa shape index (κ2) is 10.6. The zero-order valence-electron chi connectivity index (χ0n) is 29.6. The summed E-state index contributed by atoms with van der Waals surface area (Å²) in [6.07, 6.45) is 1.86. The summed E-state index contributed by atoms with van der Waals surface area (Å²) < 4.78 is 13.8. The average Bonchev–Trinajstić information content (AvgIpc) is 3.00. The second-order valence-corrected chi connectivity index (χ2v) is 14.8. The van der Waals surface area contributed by atoms with E-state index in [-0.39, 0.29) is 30.1 Å². The molecule has 0 atom stereocenters. The SMILES string of the molecule is Cc1c(C)c(C)c2c(c1C)Cc1c(C)c(C)c(C)c3c1C21c2c(C)c(C)c(C)c(C)c2Cc2c(C)c(C)c(C)c(c21)OPO3.[W]. The zero-order chi connectivity index (χ0) is 31.9. The Hall–Kier alpha value is -2.40. The van der Waals surface area contributed by atoms with E-state index in [4.69, 9.17) is 9.05 Å². The first kappa shape index (κ1) is 32.5. The van der Waals surface area contributed by atoms with Crippen molar-refractivity contribution >= 4 is 9.03 Å². The van der Waals surface area contributed by atoms with Crippen LogP contribution < -0.4 is 9.05 Å². The minimum atomic E-state index is -0.547. The molecule has 45 heavy (non-hydrogen) atoms. The summed E-state index contributed by atoms with van der Waals surface area (Å²) in [6.45, 7) is 32.6. The molecule has 4 aromatic rings. The maximum atomic E-state index is 6.90. The summed E-state index contributed by atoms with van der Waals surface area (Å²) in [7, 11) is -0.0899. The molecule has 4 aromatic carbocycles. The maximum absolute atomic E-state index is 6.90. The summed E-state index contributed by atoms with van der Waals surface area (Å²) in [5.74, 6) is 2.08. The Morgan fingerprint density at radius 3 is 0.956 bits per heavy atom. The van der Waals surface area contributed by atoms with Crippen LogP contribution in [0, 0.1) is 96.9 Å². The van der Waals surface area contributed by atoms with Crippen molar-refractivity contribution in [2.75, 3.05) is 0 Å². The van der Waals surface area contributed by atoms with Gasteiger partial charge in [0, 0.05) is 32.2 Å². The van der Waals surface area contributed by atoms with Gasteiger partial charge in [-0.25, -0.2) is 0 Å². The van der Waals surface area contributed by atoms with Gasteiger partial charge in [-0.15, -0.1) is 0 Å². The molecule has 0 fully saturated rings. The van der Waals surface area contributed by atoms with Gasteiger partial charge in [-0.3, -0.25) is 0 Å². The fourth-order valence-corrected chi connectivity index (χ4v) is 10.0. The van der Waals surface area contributed by atoms with E-state index in [0.29, 0.717) is 0 Å². The molecular weight excluding hydrogens is 739 g/mol. The Kier molecular flexibility index (Phi) is 7.63. The van der Waals surface area contributed by atoms with E-state index in [1.165, 1.54) is 122 Å². The van der Waals surface area contributed by atoms with E-state index in [9.17, 15) is 0 Å². The molecule has 2 aliphatic carbocycles. The van der Waals surface area contributed by atoms with Crippen LogP contribution in [0.4, 0.5) is 0 Å². The summed E-state index contributed by atoms with van der Waals surface area (Å²) in [5, 5.41) is 0. The minimum absolute atomic E-state index is 0. The number of benzene rings is 4. The van der Waals surface area contributed by atoms with Crippen LogP contribution in [0.3, 0.4) is 0 Å². The average molecular weight is 787 g/mol. The van der Waals surface area contributed by atoms with Crippen LogP contribution in [0.25, 0.3) is 0 Å². The molecular formula is C41H47O2PW. The molecule has 2 nitrogen and oxygen atoms in total. The molecule has 0 amide bonds. The van der Waals surface area contributed by atoms with E-state index in [0.717, 1.165) is 24.3 Å². The largest absolute Gasteiger partial charge is 0.440 e. The maximum Gasteiger partial charge on any atom is 0.275 e. The van der Waals surface area contributed by atoms with E-state index in [1.54, 1.807) is 0 Å². The van der Waals surface area contributed by atoms with Crippen molar-refractivity contribution in [3.05, 3.63) is 122 Å². The third kappa shape index (κ3) is 3.77.